The molecule has 0 aromatic heterocycles. The van der Waals surface area contributed by atoms with Crippen LogP contribution in [0.2, 0.25) is 8.87 Å². The van der Waals surface area contributed by atoms with E-state index in [1.807, 2.05) is 17.9 Å². The van der Waals surface area contributed by atoms with E-state index >= 15 is 0 Å². The molecule has 0 fully saturated rings. The molecule has 0 spiro atoms. The first-order chi connectivity index (χ1) is 16.9. The number of ether oxygens (including phenoxy) is 2. The van der Waals surface area contributed by atoms with Crippen LogP contribution in [0.15, 0.2) is 0 Å². The molecular weight excluding hydrogens is 583 g/mol. The van der Waals surface area contributed by atoms with Gasteiger partial charge in [-0.15, -0.1) is 0 Å². The molecule has 0 N–H and O–H groups in total. The molecule has 208 valence electrons. The van der Waals surface area contributed by atoms with Crippen LogP contribution in [-0.2, 0) is 19.1 Å². The summed E-state index contributed by atoms with van der Waals surface area (Å²) in [5.74, 6) is 1.72. The van der Waals surface area contributed by atoms with Crippen molar-refractivity contribution in [3.63, 3.8) is 0 Å². The normalized spacial score (nSPS) is 13.4. The monoisotopic (exact) mass is 640 g/mol. The summed E-state index contributed by atoms with van der Waals surface area (Å²) in [5, 5.41) is 0. The first-order valence-electron chi connectivity index (χ1n) is 14.5. The fourth-order valence-electron chi connectivity index (χ4n) is 4.03. The van der Waals surface area contributed by atoms with Crippen molar-refractivity contribution in [1.82, 2.24) is 0 Å². The summed E-state index contributed by atoms with van der Waals surface area (Å²) in [6, 6.07) is 0. The van der Waals surface area contributed by atoms with Crippen LogP contribution in [0.1, 0.15) is 119 Å². The van der Waals surface area contributed by atoms with Crippen LogP contribution in [-0.4, -0.2) is 52.3 Å². The van der Waals surface area contributed by atoms with Crippen LogP contribution in [0.3, 0.4) is 0 Å². The molecule has 2 unspecified atom stereocenters. The Kier molecular flexibility index (Phi) is 23.8. The number of hydrogen-bond donors (Lipinski definition) is 0. The van der Waals surface area contributed by atoms with Gasteiger partial charge in [0, 0.05) is 0 Å². The zero-order chi connectivity index (χ0) is 26.4. The molecule has 0 heterocycles. The van der Waals surface area contributed by atoms with E-state index in [1.54, 1.807) is 0 Å². The third-order valence-electron chi connectivity index (χ3n) is 6.78. The van der Waals surface area contributed by atoms with Gasteiger partial charge in [0.25, 0.3) is 0 Å². The zero-order valence-corrected chi connectivity index (χ0v) is 28.3. The molecule has 2 atom stereocenters. The van der Waals surface area contributed by atoms with Crippen molar-refractivity contribution in [1.29, 1.82) is 0 Å². The Bertz CT molecular complexity index is 487. The number of carbonyl (C=O) groups excluding carboxylic acids is 2. The molecule has 35 heavy (non-hydrogen) atoms. The molecule has 7 heteroatoms. The van der Waals surface area contributed by atoms with Crippen LogP contribution in [0, 0.1) is 11.8 Å². The summed E-state index contributed by atoms with van der Waals surface area (Å²) in [5.41, 5.74) is 0. The van der Waals surface area contributed by atoms with Gasteiger partial charge < -0.3 is 0 Å². The fourth-order valence-corrected chi connectivity index (χ4v) is 31.5. The molecule has 0 amide bonds. The Balaban J connectivity index is 4.94. The number of unbranched alkanes of at least 4 members (excludes halogenated alkanes) is 4. The SMILES string of the molecule is CCCCC(CC)COC(=O)C[S][Sn]([CH2]CCC)([CH2]CCC)[S]CC(=O)OCC(CC)CCCC. The number of esters is 2. The van der Waals surface area contributed by atoms with Gasteiger partial charge >= 0.3 is 229 Å². The average Bonchev–Trinajstić information content (AvgIpc) is 2.88. The predicted octanol–water partition coefficient (Wildman–Crippen LogP) is 9.01. The average molecular weight is 640 g/mol. The summed E-state index contributed by atoms with van der Waals surface area (Å²) >= 11 is -2.81. The second kappa shape index (κ2) is 23.5. The van der Waals surface area contributed by atoms with Gasteiger partial charge in [-0.2, -0.15) is 0 Å². The second-order valence-corrected chi connectivity index (χ2v) is 36.3. The molecule has 0 rings (SSSR count). The molecule has 0 radical (unpaired) electrons. The Morgan fingerprint density at radius 3 is 1.31 bits per heavy atom. The van der Waals surface area contributed by atoms with Gasteiger partial charge in [-0.25, -0.2) is 0 Å². The molecule has 0 saturated heterocycles. The third kappa shape index (κ3) is 18.4. The first kappa shape index (κ1) is 35.4. The van der Waals surface area contributed by atoms with Gasteiger partial charge in [-0.1, -0.05) is 0 Å². The predicted molar refractivity (Wildman–Crippen MR) is 159 cm³/mol. The van der Waals surface area contributed by atoms with Gasteiger partial charge in [0.1, 0.15) is 0 Å². The Morgan fingerprint density at radius 2 is 1.00 bits per heavy atom. The van der Waals surface area contributed by atoms with Crippen LogP contribution in [0.5, 0.6) is 0 Å². The van der Waals surface area contributed by atoms with Crippen molar-refractivity contribution < 1.29 is 19.1 Å². The van der Waals surface area contributed by atoms with Gasteiger partial charge in [-0.3, -0.25) is 0 Å². The molecule has 0 aliphatic heterocycles. The molecule has 0 aromatic carbocycles. The van der Waals surface area contributed by atoms with E-state index in [9.17, 15) is 9.59 Å². The van der Waals surface area contributed by atoms with Crippen molar-refractivity contribution in [2.45, 2.75) is 127 Å². The van der Waals surface area contributed by atoms with Crippen molar-refractivity contribution in [2.75, 3.05) is 24.7 Å². The summed E-state index contributed by atoms with van der Waals surface area (Å²) in [6.45, 7) is 14.3. The minimum atomic E-state index is -2.81. The zero-order valence-electron chi connectivity index (χ0n) is 23.8. The van der Waals surface area contributed by atoms with Crippen molar-refractivity contribution in [2.24, 2.45) is 11.8 Å². The van der Waals surface area contributed by atoms with Crippen molar-refractivity contribution in [3.8, 4) is 0 Å². The topological polar surface area (TPSA) is 52.6 Å². The van der Waals surface area contributed by atoms with E-state index in [2.05, 4.69) is 41.5 Å². The molecule has 0 bridgehead atoms. The maximum atomic E-state index is 12.7. The fraction of sp³-hybridized carbons (Fsp3) is 0.929. The van der Waals surface area contributed by atoms with E-state index in [0.29, 0.717) is 36.6 Å². The molecule has 0 aliphatic rings. The van der Waals surface area contributed by atoms with Crippen molar-refractivity contribution in [3.05, 3.63) is 0 Å². The van der Waals surface area contributed by atoms with Gasteiger partial charge in [0.2, 0.25) is 0 Å². The first-order valence-corrected chi connectivity index (χ1v) is 27.5. The van der Waals surface area contributed by atoms with Crippen LogP contribution in [0.25, 0.3) is 0 Å². The summed E-state index contributed by atoms with van der Waals surface area (Å²) < 4.78 is 13.8. The molecule has 4 nitrogen and oxygen atoms in total. The van der Waals surface area contributed by atoms with E-state index < -0.39 is 15.6 Å². The van der Waals surface area contributed by atoms with E-state index in [0.717, 1.165) is 38.5 Å². The Morgan fingerprint density at radius 1 is 0.629 bits per heavy atom. The molecule has 0 saturated carbocycles. The van der Waals surface area contributed by atoms with Crippen LogP contribution < -0.4 is 0 Å². The Labute approximate surface area is 227 Å². The molecule has 0 aromatic rings. The van der Waals surface area contributed by atoms with Gasteiger partial charge in [0.15, 0.2) is 0 Å². The number of rotatable bonds is 24. The summed E-state index contributed by atoms with van der Waals surface area (Å²) in [7, 11) is 3.81. The Hall–Kier alpha value is 0.439. The summed E-state index contributed by atoms with van der Waals surface area (Å²) in [4.78, 5) is 25.3. The van der Waals surface area contributed by atoms with E-state index in [1.165, 1.54) is 47.4 Å². The number of carbonyl (C=O) groups is 2. The standard InChI is InChI=1S/2C10H20O2S.2C4H9.Sn/c2*1-3-5-6-9(4-2)7-12-10(11)8-13;2*1-3-4-2;/h2*9,13H,3-8H2,1-2H3;2*1,3-4H2,2H3;/q;;;;+2/p-2. The van der Waals surface area contributed by atoms with Gasteiger partial charge in [-0.05, 0) is 0 Å². The van der Waals surface area contributed by atoms with Crippen molar-refractivity contribution >= 4 is 45.4 Å². The van der Waals surface area contributed by atoms with Crippen LogP contribution in [0.4, 0.5) is 0 Å². The van der Waals surface area contributed by atoms with Gasteiger partial charge in [0.05, 0.1) is 0 Å². The third-order valence-corrected chi connectivity index (χ3v) is 36.7. The number of hydrogen-bond acceptors (Lipinski definition) is 6. The van der Waals surface area contributed by atoms with Crippen LogP contribution >= 0.6 is 17.9 Å². The van der Waals surface area contributed by atoms with E-state index in [-0.39, 0.29) is 11.9 Å². The minimum absolute atomic E-state index is 0.0658. The quantitative estimate of drug-likeness (QED) is 0.0776. The summed E-state index contributed by atoms with van der Waals surface area (Å²) in [6.07, 6.45) is 13.9. The van der Waals surface area contributed by atoms with E-state index in [4.69, 9.17) is 9.47 Å². The maximum absolute atomic E-state index is 12.7. The second-order valence-electron chi connectivity index (χ2n) is 9.89. The molecule has 0 aliphatic carbocycles. The molecular formula is C28H56O4S2Sn.